The van der Waals surface area contributed by atoms with Crippen LogP contribution in [0.4, 0.5) is 5.69 Å². The van der Waals surface area contributed by atoms with Crippen LogP contribution < -0.4 is 5.73 Å². The molecule has 2 N–H and O–H groups in total. The van der Waals surface area contributed by atoms with Gasteiger partial charge in [-0.25, -0.2) is 0 Å². The lowest BCUT2D eigenvalue weighted by molar-refractivity contribution is 0.580. The van der Waals surface area contributed by atoms with Crippen LogP contribution in [-0.2, 0) is 0 Å². The lowest BCUT2D eigenvalue weighted by atomic mass is 10.2. The molecule has 56 valence electrons. The summed E-state index contributed by atoms with van der Waals surface area (Å²) in [5.41, 5.74) is 7.36. The van der Waals surface area contributed by atoms with Gasteiger partial charge in [-0.2, -0.15) is 0 Å². The highest BCUT2D eigenvalue weighted by atomic mass is 16.3. The molecule has 0 fully saturated rings. The Balaban J connectivity index is 2.92. The van der Waals surface area contributed by atoms with Crippen LogP contribution in [-0.4, -0.2) is 0 Å². The highest BCUT2D eigenvalue weighted by molar-refractivity contribution is 5.90. The van der Waals surface area contributed by atoms with Gasteiger partial charge in [-0.15, -0.1) is 0 Å². The minimum absolute atomic E-state index is 0.751. The molecule has 2 aromatic rings. The Morgan fingerprint density at radius 3 is 2.73 bits per heavy atom. The zero-order valence-electron chi connectivity index (χ0n) is 6.29. The third-order valence-corrected chi connectivity index (χ3v) is 1.82. The van der Waals surface area contributed by atoms with Gasteiger partial charge in [0.2, 0.25) is 0 Å². The van der Waals surface area contributed by atoms with Gasteiger partial charge in [0.15, 0.2) is 0 Å². The van der Waals surface area contributed by atoms with Crippen LogP contribution >= 0.6 is 0 Å². The maximum absolute atomic E-state index is 5.74. The number of nitrogen functional groups attached to an aromatic ring is 1. The summed E-state index contributed by atoms with van der Waals surface area (Å²) >= 11 is 0. The molecule has 0 amide bonds. The second-order valence-electron chi connectivity index (χ2n) is 2.57. The number of benzene rings is 1. The van der Waals surface area contributed by atoms with Gasteiger partial charge in [-0.3, -0.25) is 0 Å². The summed E-state index contributed by atoms with van der Waals surface area (Å²) in [6, 6.07) is 7.76. The van der Waals surface area contributed by atoms with Crippen molar-refractivity contribution in [2.24, 2.45) is 0 Å². The fraction of sp³-hybridized carbons (Fsp3) is 0.111. The van der Waals surface area contributed by atoms with Gasteiger partial charge in [-0.1, -0.05) is 12.1 Å². The van der Waals surface area contributed by atoms with E-state index in [1.165, 1.54) is 0 Å². The van der Waals surface area contributed by atoms with Crippen molar-refractivity contribution in [3.63, 3.8) is 0 Å². The van der Waals surface area contributed by atoms with Crippen molar-refractivity contribution in [3.8, 4) is 0 Å². The van der Waals surface area contributed by atoms with Crippen molar-refractivity contribution in [1.29, 1.82) is 0 Å². The number of nitrogens with two attached hydrogens (primary N) is 1. The van der Waals surface area contributed by atoms with Gasteiger partial charge in [0.1, 0.15) is 11.3 Å². The predicted octanol–water partition coefficient (Wildman–Crippen LogP) is 2.32. The van der Waals surface area contributed by atoms with Crippen LogP contribution in [0.5, 0.6) is 0 Å². The lowest BCUT2D eigenvalue weighted by Gasteiger charge is -1.85. The Labute approximate surface area is 64.6 Å². The first kappa shape index (κ1) is 6.28. The van der Waals surface area contributed by atoms with Crippen LogP contribution in [0.3, 0.4) is 0 Å². The topological polar surface area (TPSA) is 39.2 Å². The van der Waals surface area contributed by atoms with E-state index in [1.54, 1.807) is 0 Å². The van der Waals surface area contributed by atoms with Gasteiger partial charge in [-0.05, 0) is 19.1 Å². The van der Waals surface area contributed by atoms with Gasteiger partial charge < -0.3 is 10.2 Å². The molecule has 11 heavy (non-hydrogen) atoms. The normalized spacial score (nSPS) is 10.6. The highest BCUT2D eigenvalue weighted by Gasteiger charge is 2.04. The average Bonchev–Trinajstić information content (AvgIpc) is 2.30. The second-order valence-corrected chi connectivity index (χ2v) is 2.57. The van der Waals surface area contributed by atoms with Crippen molar-refractivity contribution in [1.82, 2.24) is 0 Å². The van der Waals surface area contributed by atoms with Crippen LogP contribution in [0.15, 0.2) is 28.7 Å². The molecule has 0 aliphatic rings. The Bertz CT molecular complexity index is 389. The number of hydrogen-bond donors (Lipinski definition) is 1. The van der Waals surface area contributed by atoms with E-state index >= 15 is 0 Å². The third kappa shape index (κ3) is 0.792. The zero-order chi connectivity index (χ0) is 7.84. The summed E-state index contributed by atoms with van der Waals surface area (Å²) in [6.07, 6.45) is 0. The first-order valence-electron chi connectivity index (χ1n) is 3.52. The SMILES string of the molecule is Cc1oc2ccccc2c1N. The van der Waals surface area contributed by atoms with Gasteiger partial charge in [0, 0.05) is 5.39 Å². The number of fused-ring (bicyclic) bond motifs is 1. The molecule has 0 aliphatic heterocycles. The number of hydrogen-bond acceptors (Lipinski definition) is 2. The van der Waals surface area contributed by atoms with Gasteiger partial charge in [0.05, 0.1) is 5.69 Å². The van der Waals surface area contributed by atoms with Crippen molar-refractivity contribution in [2.75, 3.05) is 5.73 Å². The molecular weight excluding hydrogens is 138 g/mol. The molecule has 2 nitrogen and oxygen atoms in total. The van der Waals surface area contributed by atoms with Gasteiger partial charge >= 0.3 is 0 Å². The summed E-state index contributed by atoms with van der Waals surface area (Å²) in [4.78, 5) is 0. The number of anilines is 1. The largest absolute Gasteiger partial charge is 0.459 e. The molecule has 0 spiro atoms. The van der Waals surface area contributed by atoms with E-state index in [4.69, 9.17) is 10.2 Å². The fourth-order valence-electron chi connectivity index (χ4n) is 1.19. The molecule has 0 saturated heterocycles. The Kier molecular flexibility index (Phi) is 1.15. The predicted molar refractivity (Wildman–Crippen MR) is 45.4 cm³/mol. The summed E-state index contributed by atoms with van der Waals surface area (Å²) in [5, 5.41) is 1.00. The second kappa shape index (κ2) is 2.02. The minimum atomic E-state index is 0.751. The molecule has 0 radical (unpaired) electrons. The lowest BCUT2D eigenvalue weighted by Crippen LogP contribution is -1.82. The summed E-state index contributed by atoms with van der Waals surface area (Å²) in [5.74, 6) is 0.797. The van der Waals surface area contributed by atoms with Crippen molar-refractivity contribution in [2.45, 2.75) is 6.92 Å². The van der Waals surface area contributed by atoms with Crippen molar-refractivity contribution >= 4 is 16.7 Å². The van der Waals surface area contributed by atoms with E-state index in [1.807, 2.05) is 31.2 Å². The zero-order valence-corrected chi connectivity index (χ0v) is 6.29. The molecule has 0 saturated carbocycles. The smallest absolute Gasteiger partial charge is 0.136 e. The number of rotatable bonds is 0. The quantitative estimate of drug-likeness (QED) is 0.621. The molecule has 1 heterocycles. The van der Waals surface area contributed by atoms with E-state index in [-0.39, 0.29) is 0 Å². The average molecular weight is 147 g/mol. The fourth-order valence-corrected chi connectivity index (χ4v) is 1.19. The first-order chi connectivity index (χ1) is 5.29. The minimum Gasteiger partial charge on any atom is -0.459 e. The van der Waals surface area contributed by atoms with Crippen molar-refractivity contribution < 1.29 is 4.42 Å². The van der Waals surface area contributed by atoms with Crippen LogP contribution in [0, 0.1) is 6.92 Å². The maximum Gasteiger partial charge on any atom is 0.136 e. The Morgan fingerprint density at radius 1 is 1.27 bits per heavy atom. The van der Waals surface area contributed by atoms with E-state index < -0.39 is 0 Å². The molecule has 2 heteroatoms. The summed E-state index contributed by atoms with van der Waals surface area (Å²) in [7, 11) is 0. The summed E-state index contributed by atoms with van der Waals surface area (Å²) < 4.78 is 5.37. The molecule has 2 rings (SSSR count). The molecule has 1 aromatic carbocycles. The first-order valence-corrected chi connectivity index (χ1v) is 3.52. The summed E-state index contributed by atoms with van der Waals surface area (Å²) in [6.45, 7) is 1.87. The molecule has 0 aliphatic carbocycles. The molecule has 1 aromatic heterocycles. The van der Waals surface area contributed by atoms with E-state index in [0.717, 1.165) is 22.4 Å². The van der Waals surface area contributed by atoms with E-state index in [9.17, 15) is 0 Å². The molecule has 0 unspecified atom stereocenters. The van der Waals surface area contributed by atoms with E-state index in [0.29, 0.717) is 0 Å². The number of furan rings is 1. The van der Waals surface area contributed by atoms with Crippen LogP contribution in [0.2, 0.25) is 0 Å². The maximum atomic E-state index is 5.74. The van der Waals surface area contributed by atoms with Gasteiger partial charge in [0.25, 0.3) is 0 Å². The standard InChI is InChI=1S/C9H9NO/c1-6-9(10)7-4-2-3-5-8(7)11-6/h2-5H,10H2,1H3. The molecule has 0 bridgehead atoms. The van der Waals surface area contributed by atoms with Crippen LogP contribution in [0.1, 0.15) is 5.76 Å². The molecule has 0 atom stereocenters. The monoisotopic (exact) mass is 147 g/mol. The number of aryl methyl sites for hydroxylation is 1. The molecular formula is C9H9NO. The Morgan fingerprint density at radius 2 is 2.00 bits per heavy atom. The number of para-hydroxylation sites is 1. The van der Waals surface area contributed by atoms with Crippen LogP contribution in [0.25, 0.3) is 11.0 Å². The highest BCUT2D eigenvalue weighted by Crippen LogP contribution is 2.26. The van der Waals surface area contributed by atoms with Crippen molar-refractivity contribution in [3.05, 3.63) is 30.0 Å². The third-order valence-electron chi connectivity index (χ3n) is 1.82. The Hall–Kier alpha value is -1.44. The van der Waals surface area contributed by atoms with E-state index in [2.05, 4.69) is 0 Å².